The molecule has 0 amide bonds. The minimum absolute atomic E-state index is 0.153. The van der Waals surface area contributed by atoms with E-state index in [0.717, 1.165) is 8.68 Å². The van der Waals surface area contributed by atoms with Crippen molar-refractivity contribution in [3.8, 4) is 0 Å². The summed E-state index contributed by atoms with van der Waals surface area (Å²) in [5.74, 6) is 0.543. The summed E-state index contributed by atoms with van der Waals surface area (Å²) in [7, 11) is 0. The summed E-state index contributed by atoms with van der Waals surface area (Å²) in [5.41, 5.74) is 0. The summed E-state index contributed by atoms with van der Waals surface area (Å²) in [6, 6.07) is 0. The predicted molar refractivity (Wildman–Crippen MR) is 63.7 cm³/mol. The van der Waals surface area contributed by atoms with Gasteiger partial charge in [-0.25, -0.2) is 0 Å². The van der Waals surface area contributed by atoms with Crippen LogP contribution >= 0.6 is 34.9 Å². The number of esters is 1. The molecule has 0 saturated carbocycles. The van der Waals surface area contributed by atoms with Crippen molar-refractivity contribution in [1.29, 1.82) is 0 Å². The molecule has 4 nitrogen and oxygen atoms in total. The van der Waals surface area contributed by atoms with E-state index in [1.807, 2.05) is 6.26 Å². The van der Waals surface area contributed by atoms with Gasteiger partial charge in [-0.05, 0) is 13.2 Å². The normalized spacial score (nSPS) is 10.3. The fourth-order valence-electron chi connectivity index (χ4n) is 0.793. The summed E-state index contributed by atoms with van der Waals surface area (Å²) in [5, 5.41) is 7.95. The molecule has 1 aromatic rings. The molecule has 0 aliphatic rings. The molecule has 1 heterocycles. The fraction of sp³-hybridized carbons (Fsp3) is 0.625. The first-order valence-corrected chi connectivity index (χ1v) is 7.45. The first-order valence-electron chi connectivity index (χ1n) is 4.42. The third kappa shape index (κ3) is 4.85. The van der Waals surface area contributed by atoms with Crippen molar-refractivity contribution >= 4 is 40.8 Å². The Bertz CT molecular complexity index is 317. The SMILES string of the molecule is CCOC(=O)CCSc1nnc(SC)s1. The van der Waals surface area contributed by atoms with Crippen molar-refractivity contribution in [2.75, 3.05) is 18.6 Å². The van der Waals surface area contributed by atoms with Crippen molar-refractivity contribution in [3.63, 3.8) is 0 Å². The lowest BCUT2D eigenvalue weighted by Gasteiger charge is -1.99. The van der Waals surface area contributed by atoms with Crippen molar-refractivity contribution in [1.82, 2.24) is 10.2 Å². The van der Waals surface area contributed by atoms with Crippen LogP contribution in [-0.4, -0.2) is 34.8 Å². The van der Waals surface area contributed by atoms with Crippen LogP contribution in [0.4, 0.5) is 0 Å². The van der Waals surface area contributed by atoms with Crippen LogP contribution in [0.2, 0.25) is 0 Å². The van der Waals surface area contributed by atoms with Crippen LogP contribution in [0.3, 0.4) is 0 Å². The zero-order valence-corrected chi connectivity index (χ0v) is 11.0. The van der Waals surface area contributed by atoms with E-state index in [4.69, 9.17) is 4.74 Å². The van der Waals surface area contributed by atoms with Crippen molar-refractivity contribution in [2.45, 2.75) is 22.0 Å². The number of nitrogens with zero attached hydrogens (tertiary/aromatic N) is 2. The number of hydrogen-bond donors (Lipinski definition) is 0. The van der Waals surface area contributed by atoms with Gasteiger partial charge in [-0.1, -0.05) is 34.9 Å². The van der Waals surface area contributed by atoms with E-state index in [2.05, 4.69) is 10.2 Å². The first-order chi connectivity index (χ1) is 7.26. The summed E-state index contributed by atoms with van der Waals surface area (Å²) in [6.45, 7) is 2.25. The zero-order chi connectivity index (χ0) is 11.1. The number of aromatic nitrogens is 2. The third-order valence-electron chi connectivity index (χ3n) is 1.40. The van der Waals surface area contributed by atoms with E-state index >= 15 is 0 Å². The first kappa shape index (κ1) is 12.8. The van der Waals surface area contributed by atoms with E-state index in [1.165, 1.54) is 0 Å². The second kappa shape index (κ2) is 7.08. The molecule has 1 aromatic heterocycles. The smallest absolute Gasteiger partial charge is 0.306 e. The summed E-state index contributed by atoms with van der Waals surface area (Å²) < 4.78 is 6.68. The van der Waals surface area contributed by atoms with Gasteiger partial charge in [0.15, 0.2) is 8.68 Å². The molecule has 0 aliphatic carbocycles. The van der Waals surface area contributed by atoms with Crippen LogP contribution in [0.5, 0.6) is 0 Å². The second-order valence-electron chi connectivity index (χ2n) is 2.44. The van der Waals surface area contributed by atoms with Gasteiger partial charge in [0.05, 0.1) is 13.0 Å². The zero-order valence-electron chi connectivity index (χ0n) is 8.56. The van der Waals surface area contributed by atoms with E-state index < -0.39 is 0 Å². The Balaban J connectivity index is 2.22. The van der Waals surface area contributed by atoms with Gasteiger partial charge in [0.2, 0.25) is 0 Å². The Morgan fingerprint density at radius 2 is 2.20 bits per heavy atom. The Morgan fingerprint density at radius 3 is 2.80 bits per heavy atom. The maximum Gasteiger partial charge on any atom is 0.306 e. The molecule has 0 atom stereocenters. The molecule has 0 spiro atoms. The highest BCUT2D eigenvalue weighted by molar-refractivity contribution is 8.02. The van der Waals surface area contributed by atoms with Crippen molar-refractivity contribution in [3.05, 3.63) is 0 Å². The highest BCUT2D eigenvalue weighted by Gasteiger charge is 2.06. The summed E-state index contributed by atoms with van der Waals surface area (Å²) in [4.78, 5) is 11.0. The number of rotatable bonds is 6. The van der Waals surface area contributed by atoms with Crippen LogP contribution < -0.4 is 0 Å². The molecular weight excluding hydrogens is 252 g/mol. The van der Waals surface area contributed by atoms with Gasteiger partial charge >= 0.3 is 5.97 Å². The second-order valence-corrected chi connectivity index (χ2v) is 5.81. The van der Waals surface area contributed by atoms with E-state index in [0.29, 0.717) is 18.8 Å². The molecule has 84 valence electrons. The van der Waals surface area contributed by atoms with Crippen LogP contribution in [0.15, 0.2) is 8.68 Å². The lowest BCUT2D eigenvalue weighted by molar-refractivity contribution is -0.142. The molecule has 7 heteroatoms. The minimum atomic E-state index is -0.153. The Hall–Kier alpha value is -0.270. The minimum Gasteiger partial charge on any atom is -0.466 e. The average Bonchev–Trinajstić information content (AvgIpc) is 2.66. The molecule has 0 bridgehead atoms. The van der Waals surface area contributed by atoms with Gasteiger partial charge in [-0.15, -0.1) is 10.2 Å². The van der Waals surface area contributed by atoms with E-state index in [1.54, 1.807) is 41.8 Å². The molecule has 0 aliphatic heterocycles. The standard InChI is InChI=1S/C8H12N2O2S3/c1-3-12-6(11)4-5-14-8-10-9-7(13-2)15-8/h3-5H2,1-2H3. The lowest BCUT2D eigenvalue weighted by atomic mass is 10.5. The van der Waals surface area contributed by atoms with Crippen LogP contribution in [0.25, 0.3) is 0 Å². The molecule has 0 aromatic carbocycles. The molecule has 1 rings (SSSR count). The number of hydrogen-bond acceptors (Lipinski definition) is 7. The third-order valence-corrected chi connectivity index (χ3v) is 4.43. The van der Waals surface area contributed by atoms with Gasteiger partial charge in [0, 0.05) is 5.75 Å². The number of thioether (sulfide) groups is 2. The van der Waals surface area contributed by atoms with Gasteiger partial charge in [-0.2, -0.15) is 0 Å². The molecule has 0 fully saturated rings. The average molecular weight is 264 g/mol. The van der Waals surface area contributed by atoms with Crippen molar-refractivity contribution in [2.24, 2.45) is 0 Å². The maximum absolute atomic E-state index is 11.0. The monoisotopic (exact) mass is 264 g/mol. The molecule has 0 N–H and O–H groups in total. The number of ether oxygens (including phenoxy) is 1. The van der Waals surface area contributed by atoms with Gasteiger partial charge in [0.1, 0.15) is 0 Å². The Labute approximate surface area is 101 Å². The maximum atomic E-state index is 11.0. The molecule has 0 saturated heterocycles. The summed E-state index contributed by atoms with van der Waals surface area (Å²) >= 11 is 4.67. The Kier molecular flexibility index (Phi) is 6.04. The van der Waals surface area contributed by atoms with E-state index in [-0.39, 0.29) is 5.97 Å². The largest absolute Gasteiger partial charge is 0.466 e. The van der Waals surface area contributed by atoms with Gasteiger partial charge < -0.3 is 4.74 Å². The molecule has 15 heavy (non-hydrogen) atoms. The van der Waals surface area contributed by atoms with Gasteiger partial charge in [-0.3, -0.25) is 4.79 Å². The molecule has 0 radical (unpaired) electrons. The summed E-state index contributed by atoms with van der Waals surface area (Å²) in [6.07, 6.45) is 2.39. The number of carbonyl (C=O) groups is 1. The highest BCUT2D eigenvalue weighted by atomic mass is 32.2. The van der Waals surface area contributed by atoms with Crippen LogP contribution in [-0.2, 0) is 9.53 Å². The quantitative estimate of drug-likeness (QED) is 0.580. The van der Waals surface area contributed by atoms with Gasteiger partial charge in [0.25, 0.3) is 0 Å². The van der Waals surface area contributed by atoms with Crippen molar-refractivity contribution < 1.29 is 9.53 Å². The van der Waals surface area contributed by atoms with E-state index in [9.17, 15) is 4.79 Å². The predicted octanol–water partition coefficient (Wildman–Crippen LogP) is 2.31. The number of carbonyl (C=O) groups excluding carboxylic acids is 1. The fourth-order valence-corrected chi connectivity index (χ4v) is 3.22. The molecular formula is C8H12N2O2S3. The van der Waals surface area contributed by atoms with Crippen LogP contribution in [0.1, 0.15) is 13.3 Å². The topological polar surface area (TPSA) is 52.1 Å². The van der Waals surface area contributed by atoms with Crippen LogP contribution in [0, 0.1) is 0 Å². The lowest BCUT2D eigenvalue weighted by Crippen LogP contribution is -2.04. The highest BCUT2D eigenvalue weighted by Crippen LogP contribution is 2.27. The Morgan fingerprint density at radius 1 is 1.47 bits per heavy atom. The molecule has 0 unspecified atom stereocenters.